The van der Waals surface area contributed by atoms with E-state index in [1.807, 2.05) is 38.1 Å². The van der Waals surface area contributed by atoms with Crippen molar-refractivity contribution in [2.45, 2.75) is 31.1 Å². The first-order chi connectivity index (χ1) is 11.3. The summed E-state index contributed by atoms with van der Waals surface area (Å²) >= 11 is 5.76. The van der Waals surface area contributed by atoms with Crippen molar-refractivity contribution in [3.05, 3.63) is 59.1 Å². The number of rotatable bonds is 6. The highest BCUT2D eigenvalue weighted by atomic mass is 35.5. The Kier molecular flexibility index (Phi) is 6.02. The van der Waals surface area contributed by atoms with Gasteiger partial charge in [-0.15, -0.1) is 0 Å². The van der Waals surface area contributed by atoms with E-state index in [4.69, 9.17) is 11.6 Å². The summed E-state index contributed by atoms with van der Waals surface area (Å²) in [4.78, 5) is 12.3. The van der Waals surface area contributed by atoms with E-state index in [1.165, 1.54) is 24.3 Å². The van der Waals surface area contributed by atoms with Crippen molar-refractivity contribution < 1.29 is 13.2 Å². The zero-order chi connectivity index (χ0) is 17.7. The van der Waals surface area contributed by atoms with Crippen LogP contribution in [-0.4, -0.2) is 20.1 Å². The van der Waals surface area contributed by atoms with Crippen LogP contribution < -0.4 is 5.32 Å². The minimum atomic E-state index is -3.51. The smallest absolute Gasteiger partial charge is 0.225 e. The number of para-hydroxylation sites is 1. The van der Waals surface area contributed by atoms with Gasteiger partial charge in [0.2, 0.25) is 5.91 Å². The first kappa shape index (κ1) is 18.5. The van der Waals surface area contributed by atoms with E-state index in [0.29, 0.717) is 5.02 Å². The Labute approximate surface area is 147 Å². The SMILES string of the molecule is CC(C)c1ccccc1NC(=O)CCS(=O)(=O)c1ccc(Cl)cc1. The second kappa shape index (κ2) is 7.81. The van der Waals surface area contributed by atoms with Crippen LogP contribution in [0.1, 0.15) is 31.7 Å². The number of halogens is 1. The summed E-state index contributed by atoms with van der Waals surface area (Å²) in [5, 5.41) is 3.27. The number of hydrogen-bond donors (Lipinski definition) is 1. The predicted octanol–water partition coefficient (Wildman–Crippen LogP) is 4.27. The zero-order valence-electron chi connectivity index (χ0n) is 13.6. The molecule has 24 heavy (non-hydrogen) atoms. The maximum atomic E-state index is 12.3. The molecule has 0 bridgehead atoms. The zero-order valence-corrected chi connectivity index (χ0v) is 15.2. The normalized spacial score (nSPS) is 11.5. The fourth-order valence-corrected chi connectivity index (χ4v) is 3.68. The second-order valence-electron chi connectivity index (χ2n) is 5.81. The Morgan fingerprint density at radius 3 is 2.33 bits per heavy atom. The molecular weight excluding hydrogens is 346 g/mol. The fraction of sp³-hybridized carbons (Fsp3) is 0.278. The Hall–Kier alpha value is -1.85. The summed E-state index contributed by atoms with van der Waals surface area (Å²) in [6.45, 7) is 4.08. The topological polar surface area (TPSA) is 63.2 Å². The van der Waals surface area contributed by atoms with Gasteiger partial charge in [-0.2, -0.15) is 0 Å². The van der Waals surface area contributed by atoms with Crippen molar-refractivity contribution >= 4 is 33.0 Å². The van der Waals surface area contributed by atoms with Crippen LogP contribution in [0.3, 0.4) is 0 Å². The van der Waals surface area contributed by atoms with Crippen molar-refractivity contribution in [1.29, 1.82) is 0 Å². The van der Waals surface area contributed by atoms with Crippen LogP contribution in [-0.2, 0) is 14.6 Å². The quantitative estimate of drug-likeness (QED) is 0.831. The monoisotopic (exact) mass is 365 g/mol. The predicted molar refractivity (Wildman–Crippen MR) is 97.3 cm³/mol. The fourth-order valence-electron chi connectivity index (χ4n) is 2.31. The Balaban J connectivity index is 2.02. The number of carbonyl (C=O) groups excluding carboxylic acids is 1. The Bertz CT molecular complexity index is 814. The summed E-state index contributed by atoms with van der Waals surface area (Å²) in [5.41, 5.74) is 1.74. The van der Waals surface area contributed by atoms with E-state index in [0.717, 1.165) is 11.3 Å². The highest BCUT2D eigenvalue weighted by Crippen LogP contribution is 2.24. The molecule has 0 aliphatic rings. The Morgan fingerprint density at radius 2 is 1.71 bits per heavy atom. The lowest BCUT2D eigenvalue weighted by atomic mass is 10.0. The molecule has 2 aromatic rings. The van der Waals surface area contributed by atoms with Gasteiger partial charge in [-0.1, -0.05) is 43.6 Å². The Morgan fingerprint density at radius 1 is 1.08 bits per heavy atom. The molecular formula is C18H20ClNO3S. The molecule has 1 N–H and O–H groups in total. The highest BCUT2D eigenvalue weighted by molar-refractivity contribution is 7.91. The van der Waals surface area contributed by atoms with Gasteiger partial charge >= 0.3 is 0 Å². The van der Waals surface area contributed by atoms with E-state index in [1.54, 1.807) is 0 Å². The minimum Gasteiger partial charge on any atom is -0.326 e. The first-order valence-electron chi connectivity index (χ1n) is 7.66. The summed E-state index contributed by atoms with van der Waals surface area (Å²) in [6.07, 6.45) is -0.0998. The number of hydrogen-bond acceptors (Lipinski definition) is 3. The van der Waals surface area contributed by atoms with Crippen LogP contribution in [0.4, 0.5) is 5.69 Å². The van der Waals surface area contributed by atoms with E-state index < -0.39 is 9.84 Å². The van der Waals surface area contributed by atoms with Crippen molar-refractivity contribution in [2.24, 2.45) is 0 Å². The molecule has 0 aliphatic carbocycles. The summed E-state index contributed by atoms with van der Waals surface area (Å²) in [6, 6.07) is 13.5. The van der Waals surface area contributed by atoms with Gasteiger partial charge in [0.05, 0.1) is 10.6 Å². The van der Waals surface area contributed by atoms with Crippen molar-refractivity contribution in [2.75, 3.05) is 11.1 Å². The van der Waals surface area contributed by atoms with Gasteiger partial charge in [0, 0.05) is 17.1 Å². The maximum Gasteiger partial charge on any atom is 0.225 e. The largest absolute Gasteiger partial charge is 0.326 e. The van der Waals surface area contributed by atoms with Gasteiger partial charge in [-0.3, -0.25) is 4.79 Å². The summed E-state index contributed by atoms with van der Waals surface area (Å²) in [7, 11) is -3.51. The lowest BCUT2D eigenvalue weighted by molar-refractivity contribution is -0.115. The third kappa shape index (κ3) is 4.82. The summed E-state index contributed by atoms with van der Waals surface area (Å²) < 4.78 is 24.5. The molecule has 0 fully saturated rings. The second-order valence-corrected chi connectivity index (χ2v) is 8.36. The molecule has 0 aliphatic heterocycles. The molecule has 0 aromatic heterocycles. The maximum absolute atomic E-state index is 12.3. The van der Waals surface area contributed by atoms with Crippen LogP contribution in [0.5, 0.6) is 0 Å². The van der Waals surface area contributed by atoms with Crippen LogP contribution in [0.2, 0.25) is 5.02 Å². The number of anilines is 1. The molecule has 2 rings (SSSR count). The molecule has 0 atom stereocenters. The summed E-state index contributed by atoms with van der Waals surface area (Å²) in [5.74, 6) is -0.301. The molecule has 4 nitrogen and oxygen atoms in total. The lowest BCUT2D eigenvalue weighted by Crippen LogP contribution is -2.18. The molecule has 0 saturated carbocycles. The molecule has 2 aromatic carbocycles. The molecule has 0 unspecified atom stereocenters. The van der Waals surface area contributed by atoms with E-state index in [-0.39, 0.29) is 28.9 Å². The number of amides is 1. The average Bonchev–Trinajstić information content (AvgIpc) is 2.54. The van der Waals surface area contributed by atoms with Gasteiger partial charge < -0.3 is 5.32 Å². The van der Waals surface area contributed by atoms with Gasteiger partial charge in [0.25, 0.3) is 0 Å². The number of nitrogens with one attached hydrogen (secondary N) is 1. The first-order valence-corrected chi connectivity index (χ1v) is 9.70. The molecule has 0 saturated heterocycles. The van der Waals surface area contributed by atoms with Gasteiger partial charge in [-0.25, -0.2) is 8.42 Å². The molecule has 0 spiro atoms. The number of sulfone groups is 1. The minimum absolute atomic E-state index is 0.0998. The van der Waals surface area contributed by atoms with Crippen LogP contribution in [0.25, 0.3) is 0 Å². The van der Waals surface area contributed by atoms with Crippen LogP contribution in [0.15, 0.2) is 53.4 Å². The van der Waals surface area contributed by atoms with Gasteiger partial charge in [0.15, 0.2) is 9.84 Å². The van der Waals surface area contributed by atoms with E-state index in [2.05, 4.69) is 5.32 Å². The van der Waals surface area contributed by atoms with E-state index >= 15 is 0 Å². The van der Waals surface area contributed by atoms with Crippen LogP contribution >= 0.6 is 11.6 Å². The molecule has 128 valence electrons. The molecule has 0 heterocycles. The third-order valence-electron chi connectivity index (χ3n) is 3.63. The lowest BCUT2D eigenvalue weighted by Gasteiger charge is -2.13. The average molecular weight is 366 g/mol. The van der Waals surface area contributed by atoms with Crippen LogP contribution in [0, 0.1) is 0 Å². The van der Waals surface area contributed by atoms with Crippen molar-refractivity contribution in [3.63, 3.8) is 0 Å². The molecule has 1 amide bonds. The molecule has 0 radical (unpaired) electrons. The standard InChI is InChI=1S/C18H20ClNO3S/c1-13(2)16-5-3-4-6-17(16)20-18(21)11-12-24(22,23)15-9-7-14(19)8-10-15/h3-10,13H,11-12H2,1-2H3,(H,20,21). The number of carbonyl (C=O) groups is 1. The third-order valence-corrected chi connectivity index (χ3v) is 5.61. The highest BCUT2D eigenvalue weighted by Gasteiger charge is 2.17. The van der Waals surface area contributed by atoms with Gasteiger partial charge in [0.1, 0.15) is 0 Å². The van der Waals surface area contributed by atoms with Crippen molar-refractivity contribution in [1.82, 2.24) is 0 Å². The van der Waals surface area contributed by atoms with E-state index in [9.17, 15) is 13.2 Å². The number of benzene rings is 2. The van der Waals surface area contributed by atoms with Gasteiger partial charge in [-0.05, 0) is 41.8 Å². The van der Waals surface area contributed by atoms with Crippen molar-refractivity contribution in [3.8, 4) is 0 Å². The molecule has 6 heteroatoms.